The minimum atomic E-state index is 0.309. The van der Waals surface area contributed by atoms with Crippen LogP contribution in [0.5, 0.6) is 0 Å². The van der Waals surface area contributed by atoms with Crippen LogP contribution in [0.25, 0.3) is 0 Å². The van der Waals surface area contributed by atoms with Crippen LogP contribution in [0.2, 0.25) is 0 Å². The summed E-state index contributed by atoms with van der Waals surface area (Å²) < 4.78 is 0. The number of anilines is 1. The van der Waals surface area contributed by atoms with Gasteiger partial charge in [0.1, 0.15) is 5.01 Å². The molecule has 1 heterocycles. The molecule has 0 aliphatic heterocycles. The van der Waals surface area contributed by atoms with E-state index in [2.05, 4.69) is 15.5 Å². The van der Waals surface area contributed by atoms with Crippen LogP contribution in [0.1, 0.15) is 30.7 Å². The Morgan fingerprint density at radius 2 is 2.00 bits per heavy atom. The molecular formula is C9H17N3OS. The average molecular weight is 215 g/mol. The van der Waals surface area contributed by atoms with E-state index in [1.165, 1.54) is 0 Å². The smallest absolute Gasteiger partial charge is 0.205 e. The van der Waals surface area contributed by atoms with Gasteiger partial charge in [-0.15, -0.1) is 10.2 Å². The van der Waals surface area contributed by atoms with Crippen molar-refractivity contribution in [2.45, 2.75) is 32.6 Å². The monoisotopic (exact) mass is 215 g/mol. The lowest BCUT2D eigenvalue weighted by Crippen LogP contribution is -2.01. The number of aliphatic hydroxyl groups is 1. The molecule has 2 N–H and O–H groups in total. The van der Waals surface area contributed by atoms with Crippen LogP contribution < -0.4 is 5.32 Å². The zero-order chi connectivity index (χ0) is 10.2. The van der Waals surface area contributed by atoms with Crippen LogP contribution in [0.4, 0.5) is 5.13 Å². The quantitative estimate of drug-likeness (QED) is 0.681. The van der Waals surface area contributed by atoms with Gasteiger partial charge in [0, 0.05) is 13.2 Å². The van der Waals surface area contributed by atoms with Crippen molar-refractivity contribution in [3.8, 4) is 0 Å². The summed E-state index contributed by atoms with van der Waals surface area (Å²) in [7, 11) is 0. The highest BCUT2D eigenvalue weighted by molar-refractivity contribution is 7.15. The molecule has 0 aliphatic carbocycles. The van der Waals surface area contributed by atoms with Crippen LogP contribution in [0.15, 0.2) is 0 Å². The maximum absolute atomic E-state index is 8.57. The van der Waals surface area contributed by atoms with Crippen molar-refractivity contribution in [1.29, 1.82) is 0 Å². The summed E-state index contributed by atoms with van der Waals surface area (Å²) in [6.45, 7) is 3.20. The first-order valence-corrected chi connectivity index (χ1v) is 5.79. The molecule has 14 heavy (non-hydrogen) atoms. The largest absolute Gasteiger partial charge is 0.396 e. The van der Waals surface area contributed by atoms with Crippen LogP contribution in [-0.4, -0.2) is 28.5 Å². The van der Waals surface area contributed by atoms with Crippen LogP contribution >= 0.6 is 11.3 Å². The van der Waals surface area contributed by atoms with Crippen molar-refractivity contribution in [1.82, 2.24) is 10.2 Å². The zero-order valence-electron chi connectivity index (χ0n) is 8.49. The van der Waals surface area contributed by atoms with Gasteiger partial charge in [0.05, 0.1) is 0 Å². The van der Waals surface area contributed by atoms with Crippen molar-refractivity contribution in [3.63, 3.8) is 0 Å². The highest BCUT2D eigenvalue weighted by Crippen LogP contribution is 2.13. The Hall–Kier alpha value is -0.680. The second kappa shape index (κ2) is 6.73. The van der Waals surface area contributed by atoms with E-state index in [4.69, 9.17) is 5.11 Å². The number of rotatable bonds is 7. The molecule has 0 atom stereocenters. The highest BCUT2D eigenvalue weighted by atomic mass is 32.1. The molecule has 0 saturated heterocycles. The molecule has 4 nitrogen and oxygen atoms in total. The first kappa shape index (κ1) is 11.4. The van der Waals surface area contributed by atoms with E-state index in [0.717, 1.165) is 42.4 Å². The highest BCUT2D eigenvalue weighted by Gasteiger charge is 1.97. The van der Waals surface area contributed by atoms with Crippen LogP contribution in [0.3, 0.4) is 0 Å². The predicted molar refractivity (Wildman–Crippen MR) is 58.7 cm³/mol. The SMILES string of the molecule is Cc1nnc(NCCCCCCO)s1. The zero-order valence-corrected chi connectivity index (χ0v) is 9.31. The first-order valence-electron chi connectivity index (χ1n) is 4.98. The van der Waals surface area contributed by atoms with Gasteiger partial charge in [-0.05, 0) is 19.8 Å². The van der Waals surface area contributed by atoms with E-state index >= 15 is 0 Å². The second-order valence-corrected chi connectivity index (χ2v) is 4.37. The van der Waals surface area contributed by atoms with Crippen LogP contribution in [0, 0.1) is 6.92 Å². The summed E-state index contributed by atoms with van der Waals surface area (Å²) in [6.07, 6.45) is 4.30. The Balaban J connectivity index is 1.99. The van der Waals surface area contributed by atoms with Gasteiger partial charge >= 0.3 is 0 Å². The lowest BCUT2D eigenvalue weighted by Gasteiger charge is -2.00. The summed E-state index contributed by atoms with van der Waals surface area (Å²) >= 11 is 1.58. The topological polar surface area (TPSA) is 58.0 Å². The van der Waals surface area contributed by atoms with Crippen molar-refractivity contribution < 1.29 is 5.11 Å². The first-order chi connectivity index (χ1) is 6.83. The minimum absolute atomic E-state index is 0.309. The standard InChI is InChI=1S/C9H17N3OS/c1-8-11-12-9(14-8)10-6-4-2-3-5-7-13/h13H,2-7H2,1H3,(H,10,12). The fourth-order valence-corrected chi connectivity index (χ4v) is 1.77. The third-order valence-corrected chi connectivity index (χ3v) is 2.68. The summed E-state index contributed by atoms with van der Waals surface area (Å²) in [5.41, 5.74) is 0. The number of hydrogen-bond donors (Lipinski definition) is 2. The molecule has 1 aromatic rings. The van der Waals surface area contributed by atoms with E-state index in [1.807, 2.05) is 6.92 Å². The van der Waals surface area contributed by atoms with E-state index in [-0.39, 0.29) is 0 Å². The number of nitrogens with zero attached hydrogens (tertiary/aromatic N) is 2. The van der Waals surface area contributed by atoms with Gasteiger partial charge in [0.2, 0.25) is 5.13 Å². The summed E-state index contributed by atoms with van der Waals surface area (Å²) in [4.78, 5) is 0. The minimum Gasteiger partial charge on any atom is -0.396 e. The number of hydrogen-bond acceptors (Lipinski definition) is 5. The Bertz CT molecular complexity index is 252. The molecule has 0 amide bonds. The number of aliphatic hydroxyl groups excluding tert-OH is 1. The van der Waals surface area contributed by atoms with Gasteiger partial charge in [0.25, 0.3) is 0 Å². The average Bonchev–Trinajstić information content (AvgIpc) is 2.58. The fraction of sp³-hybridized carbons (Fsp3) is 0.778. The normalized spacial score (nSPS) is 10.4. The predicted octanol–water partition coefficient (Wildman–Crippen LogP) is 1.81. The summed E-state index contributed by atoms with van der Waals surface area (Å²) in [6, 6.07) is 0. The Morgan fingerprint density at radius 3 is 2.64 bits per heavy atom. The van der Waals surface area contributed by atoms with Gasteiger partial charge in [0.15, 0.2) is 0 Å². The lowest BCUT2D eigenvalue weighted by molar-refractivity contribution is 0.283. The number of aryl methyl sites for hydroxylation is 1. The second-order valence-electron chi connectivity index (χ2n) is 3.19. The third-order valence-electron chi connectivity index (χ3n) is 1.89. The Labute approximate surface area is 88.4 Å². The van der Waals surface area contributed by atoms with E-state index < -0.39 is 0 Å². The Morgan fingerprint density at radius 1 is 1.21 bits per heavy atom. The molecule has 1 aromatic heterocycles. The van der Waals surface area contributed by atoms with Crippen molar-refractivity contribution in [2.24, 2.45) is 0 Å². The number of unbranched alkanes of at least 4 members (excludes halogenated alkanes) is 3. The van der Waals surface area contributed by atoms with E-state index in [1.54, 1.807) is 11.3 Å². The van der Waals surface area contributed by atoms with Gasteiger partial charge in [-0.25, -0.2) is 0 Å². The third kappa shape index (κ3) is 4.53. The van der Waals surface area contributed by atoms with Gasteiger partial charge < -0.3 is 10.4 Å². The molecule has 0 aliphatic rings. The molecule has 0 radical (unpaired) electrons. The maximum Gasteiger partial charge on any atom is 0.205 e. The van der Waals surface area contributed by atoms with Crippen molar-refractivity contribution in [3.05, 3.63) is 5.01 Å². The van der Waals surface area contributed by atoms with Crippen LogP contribution in [-0.2, 0) is 0 Å². The molecular weight excluding hydrogens is 198 g/mol. The van der Waals surface area contributed by atoms with Gasteiger partial charge in [-0.2, -0.15) is 0 Å². The molecule has 0 aromatic carbocycles. The van der Waals surface area contributed by atoms with E-state index in [9.17, 15) is 0 Å². The maximum atomic E-state index is 8.57. The molecule has 0 bridgehead atoms. The molecule has 80 valence electrons. The molecule has 0 spiro atoms. The van der Waals surface area contributed by atoms with E-state index in [0.29, 0.717) is 6.61 Å². The number of aromatic nitrogens is 2. The molecule has 5 heteroatoms. The van der Waals surface area contributed by atoms with Crippen molar-refractivity contribution >= 4 is 16.5 Å². The van der Waals surface area contributed by atoms with Crippen molar-refractivity contribution in [2.75, 3.05) is 18.5 Å². The fourth-order valence-electron chi connectivity index (χ4n) is 1.15. The van der Waals surface area contributed by atoms with Gasteiger partial charge in [-0.1, -0.05) is 24.2 Å². The molecule has 0 fully saturated rings. The van der Waals surface area contributed by atoms with Gasteiger partial charge in [-0.3, -0.25) is 0 Å². The number of nitrogens with one attached hydrogen (secondary N) is 1. The summed E-state index contributed by atoms with van der Waals surface area (Å²) in [5.74, 6) is 0. The molecule has 1 rings (SSSR count). The Kier molecular flexibility index (Phi) is 5.47. The summed E-state index contributed by atoms with van der Waals surface area (Å²) in [5, 5.41) is 21.6. The lowest BCUT2D eigenvalue weighted by atomic mass is 10.2. The molecule has 0 saturated carbocycles. The molecule has 0 unspecified atom stereocenters.